The number of carbonyl (C=O) groups excluding carboxylic acids is 1. The molecule has 0 radical (unpaired) electrons. The van der Waals surface area contributed by atoms with Gasteiger partial charge >= 0.3 is 0 Å². The third-order valence-corrected chi connectivity index (χ3v) is 4.75. The van der Waals surface area contributed by atoms with Gasteiger partial charge in [-0.15, -0.1) is 0 Å². The number of carbonyl (C=O) groups is 1. The number of H-pyrrole nitrogens is 1. The van der Waals surface area contributed by atoms with Crippen LogP contribution in [-0.2, 0) is 6.54 Å². The number of para-hydroxylation sites is 2. The Morgan fingerprint density at radius 2 is 2.10 bits per heavy atom. The highest BCUT2D eigenvalue weighted by Gasteiger charge is 2.10. The number of hydrogen-bond acceptors (Lipinski definition) is 5. The van der Waals surface area contributed by atoms with Crippen molar-refractivity contribution in [1.82, 2.24) is 19.5 Å². The summed E-state index contributed by atoms with van der Waals surface area (Å²) in [6, 6.07) is 15.7. The molecular formula is C22H23N5O3. The van der Waals surface area contributed by atoms with E-state index in [1.165, 1.54) is 12.5 Å². The van der Waals surface area contributed by atoms with Crippen LogP contribution in [-0.4, -0.2) is 43.2 Å². The molecule has 0 saturated carbocycles. The van der Waals surface area contributed by atoms with Crippen molar-refractivity contribution in [2.24, 2.45) is 5.73 Å². The molecule has 4 N–H and O–H groups in total. The third-order valence-electron chi connectivity index (χ3n) is 4.75. The highest BCUT2D eigenvalue weighted by molar-refractivity contribution is 5.90. The standard InChI is InChI=1S/C22H23N5O3/c23-21(29)20-13-27(14-24-20)12-16(28)6-4-10-30-17-7-3-5-15(11-17)22-25-18-8-1-2-9-19(18)26-22/h1-3,5,7-9,11,13-14,16,28H,4,6,10,12H2,(H2,23,29)(H,25,26)/t16-/m0/s1. The van der Waals surface area contributed by atoms with Crippen molar-refractivity contribution in [3.05, 3.63) is 66.7 Å². The van der Waals surface area contributed by atoms with Gasteiger partial charge in [0.1, 0.15) is 17.3 Å². The van der Waals surface area contributed by atoms with Crippen LogP contribution < -0.4 is 10.5 Å². The number of aliphatic hydroxyl groups is 1. The van der Waals surface area contributed by atoms with E-state index < -0.39 is 12.0 Å². The Hall–Kier alpha value is -3.65. The zero-order valence-electron chi connectivity index (χ0n) is 16.4. The zero-order valence-corrected chi connectivity index (χ0v) is 16.4. The lowest BCUT2D eigenvalue weighted by molar-refractivity contribution is 0.0995. The number of imidazole rings is 2. The predicted molar refractivity (Wildman–Crippen MR) is 113 cm³/mol. The van der Waals surface area contributed by atoms with Crippen LogP contribution >= 0.6 is 0 Å². The first kappa shape index (κ1) is 19.7. The van der Waals surface area contributed by atoms with Crippen LogP contribution in [0, 0.1) is 0 Å². The minimum atomic E-state index is -0.582. The Morgan fingerprint density at radius 3 is 2.90 bits per heavy atom. The van der Waals surface area contributed by atoms with Crippen LogP contribution in [0.5, 0.6) is 5.75 Å². The van der Waals surface area contributed by atoms with Crippen LogP contribution in [0.1, 0.15) is 23.3 Å². The number of ether oxygens (including phenoxy) is 1. The molecule has 154 valence electrons. The van der Waals surface area contributed by atoms with Gasteiger partial charge in [-0.2, -0.15) is 0 Å². The highest BCUT2D eigenvalue weighted by atomic mass is 16.5. The van der Waals surface area contributed by atoms with Crippen molar-refractivity contribution in [3.8, 4) is 17.1 Å². The van der Waals surface area contributed by atoms with E-state index in [9.17, 15) is 9.90 Å². The van der Waals surface area contributed by atoms with Gasteiger partial charge in [0, 0.05) is 18.3 Å². The monoisotopic (exact) mass is 405 g/mol. The minimum Gasteiger partial charge on any atom is -0.494 e. The van der Waals surface area contributed by atoms with Crippen LogP contribution in [0.15, 0.2) is 61.1 Å². The van der Waals surface area contributed by atoms with Gasteiger partial charge in [-0.1, -0.05) is 24.3 Å². The Labute approximate surface area is 173 Å². The fraction of sp³-hybridized carbons (Fsp3) is 0.227. The van der Waals surface area contributed by atoms with Crippen molar-refractivity contribution in [2.45, 2.75) is 25.5 Å². The summed E-state index contributed by atoms with van der Waals surface area (Å²) in [5, 5.41) is 10.2. The molecule has 1 atom stereocenters. The van der Waals surface area contributed by atoms with E-state index in [4.69, 9.17) is 10.5 Å². The minimum absolute atomic E-state index is 0.190. The summed E-state index contributed by atoms with van der Waals surface area (Å²) in [6.07, 6.45) is 3.71. The molecule has 4 rings (SSSR count). The second-order valence-electron chi connectivity index (χ2n) is 7.09. The number of nitrogens with one attached hydrogen (secondary N) is 1. The van der Waals surface area contributed by atoms with Gasteiger partial charge in [-0.05, 0) is 37.1 Å². The van der Waals surface area contributed by atoms with Gasteiger partial charge in [0.25, 0.3) is 5.91 Å². The van der Waals surface area contributed by atoms with E-state index in [1.807, 2.05) is 48.5 Å². The average molecular weight is 405 g/mol. The summed E-state index contributed by atoms with van der Waals surface area (Å²) in [5.41, 5.74) is 8.24. The molecule has 8 heteroatoms. The number of nitrogens with two attached hydrogens (primary N) is 1. The summed E-state index contributed by atoms with van der Waals surface area (Å²) in [6.45, 7) is 0.832. The molecule has 0 saturated heterocycles. The number of rotatable bonds is 9. The van der Waals surface area contributed by atoms with E-state index in [-0.39, 0.29) is 5.69 Å². The molecule has 2 aromatic heterocycles. The fourth-order valence-corrected chi connectivity index (χ4v) is 3.25. The van der Waals surface area contributed by atoms with Gasteiger partial charge in [-0.25, -0.2) is 9.97 Å². The maximum Gasteiger partial charge on any atom is 0.268 e. The first-order valence-electron chi connectivity index (χ1n) is 9.76. The molecule has 1 amide bonds. The summed E-state index contributed by atoms with van der Waals surface area (Å²) in [7, 11) is 0. The molecule has 2 aromatic carbocycles. The van der Waals surface area contributed by atoms with Gasteiger partial charge in [-0.3, -0.25) is 4.79 Å². The van der Waals surface area contributed by atoms with Crippen molar-refractivity contribution >= 4 is 16.9 Å². The van der Waals surface area contributed by atoms with Gasteiger partial charge in [0.2, 0.25) is 0 Å². The number of primary amides is 1. The number of aromatic amines is 1. The smallest absolute Gasteiger partial charge is 0.268 e. The molecule has 0 bridgehead atoms. The quantitative estimate of drug-likeness (QED) is 0.370. The van der Waals surface area contributed by atoms with E-state index >= 15 is 0 Å². The molecule has 30 heavy (non-hydrogen) atoms. The van der Waals surface area contributed by atoms with Crippen LogP contribution in [0.4, 0.5) is 0 Å². The Morgan fingerprint density at radius 1 is 1.23 bits per heavy atom. The summed E-state index contributed by atoms with van der Waals surface area (Å²) in [5.74, 6) is 0.970. The maximum absolute atomic E-state index is 11.1. The zero-order chi connectivity index (χ0) is 20.9. The normalized spacial score (nSPS) is 12.2. The number of hydrogen-bond donors (Lipinski definition) is 3. The number of nitrogens with zero attached hydrogens (tertiary/aromatic N) is 3. The molecule has 0 aliphatic carbocycles. The molecule has 0 aliphatic rings. The molecule has 0 spiro atoms. The Balaban J connectivity index is 1.28. The molecule has 8 nitrogen and oxygen atoms in total. The Bertz CT molecular complexity index is 1120. The first-order chi connectivity index (χ1) is 14.6. The van der Waals surface area contributed by atoms with E-state index in [2.05, 4.69) is 15.0 Å². The SMILES string of the molecule is NC(=O)c1cn(C[C@@H](O)CCCOc2cccc(-c3nc4ccccc4[nH]3)c2)cn1. The van der Waals surface area contributed by atoms with Gasteiger partial charge < -0.3 is 25.1 Å². The lowest BCUT2D eigenvalue weighted by Crippen LogP contribution is -2.16. The molecule has 0 unspecified atom stereocenters. The van der Waals surface area contributed by atoms with Crippen LogP contribution in [0.2, 0.25) is 0 Å². The van der Waals surface area contributed by atoms with Gasteiger partial charge in [0.05, 0.1) is 30.1 Å². The van der Waals surface area contributed by atoms with E-state index in [0.29, 0.717) is 26.0 Å². The van der Waals surface area contributed by atoms with Crippen molar-refractivity contribution in [1.29, 1.82) is 0 Å². The number of aliphatic hydroxyl groups excluding tert-OH is 1. The summed E-state index contributed by atoms with van der Waals surface area (Å²) < 4.78 is 7.50. The molecule has 4 aromatic rings. The van der Waals surface area contributed by atoms with Crippen molar-refractivity contribution < 1.29 is 14.6 Å². The molecule has 2 heterocycles. The van der Waals surface area contributed by atoms with Crippen LogP contribution in [0.3, 0.4) is 0 Å². The van der Waals surface area contributed by atoms with Crippen molar-refractivity contribution in [2.75, 3.05) is 6.61 Å². The topological polar surface area (TPSA) is 119 Å². The first-order valence-corrected chi connectivity index (χ1v) is 9.76. The lowest BCUT2D eigenvalue weighted by atomic mass is 10.2. The average Bonchev–Trinajstić information content (AvgIpc) is 3.38. The fourth-order valence-electron chi connectivity index (χ4n) is 3.25. The van der Waals surface area contributed by atoms with Gasteiger partial charge in [0.15, 0.2) is 0 Å². The maximum atomic E-state index is 11.1. The molecular weight excluding hydrogens is 382 g/mol. The third kappa shape index (κ3) is 4.66. The lowest BCUT2D eigenvalue weighted by Gasteiger charge is -2.12. The number of benzene rings is 2. The summed E-state index contributed by atoms with van der Waals surface area (Å²) >= 11 is 0. The van der Waals surface area contributed by atoms with Crippen molar-refractivity contribution in [3.63, 3.8) is 0 Å². The van der Waals surface area contributed by atoms with Crippen LogP contribution in [0.25, 0.3) is 22.4 Å². The molecule has 0 aliphatic heterocycles. The van der Waals surface area contributed by atoms with E-state index in [0.717, 1.165) is 28.2 Å². The Kier molecular flexibility index (Phi) is 5.76. The van der Waals surface area contributed by atoms with E-state index in [1.54, 1.807) is 4.57 Å². The molecule has 0 fully saturated rings. The largest absolute Gasteiger partial charge is 0.494 e. The summed E-state index contributed by atoms with van der Waals surface area (Å²) in [4.78, 5) is 22.9. The number of fused-ring (bicyclic) bond motifs is 1. The number of aromatic nitrogens is 4. The highest BCUT2D eigenvalue weighted by Crippen LogP contribution is 2.24. The number of amides is 1. The second-order valence-corrected chi connectivity index (χ2v) is 7.09. The predicted octanol–water partition coefficient (Wildman–Crippen LogP) is 2.75. The second kappa shape index (κ2) is 8.79.